The van der Waals surface area contributed by atoms with Crippen molar-refractivity contribution in [1.29, 1.82) is 0 Å². The standard InChI is InChI=1S/C10H20N2/c1-2-12-10-8-6-4-3-5-7-9-11/h8H,2-7,9,11H2,1H3. The van der Waals surface area contributed by atoms with Crippen LogP contribution >= 0.6 is 0 Å². The van der Waals surface area contributed by atoms with Crippen molar-refractivity contribution in [3.8, 4) is 0 Å². The molecule has 0 aromatic heterocycles. The van der Waals surface area contributed by atoms with Crippen molar-refractivity contribution in [2.24, 2.45) is 10.7 Å². The molecule has 0 saturated carbocycles. The predicted molar refractivity (Wildman–Crippen MR) is 54.7 cm³/mol. The van der Waals surface area contributed by atoms with Crippen LogP contribution in [0.1, 0.15) is 39.0 Å². The van der Waals surface area contributed by atoms with Gasteiger partial charge in [0.1, 0.15) is 0 Å². The lowest BCUT2D eigenvalue weighted by molar-refractivity contribution is 0.653. The van der Waals surface area contributed by atoms with Crippen molar-refractivity contribution >= 4 is 5.87 Å². The Hall–Kier alpha value is -0.590. The molecule has 0 spiro atoms. The number of nitrogens with two attached hydrogens (primary N) is 1. The topological polar surface area (TPSA) is 38.4 Å². The lowest BCUT2D eigenvalue weighted by Crippen LogP contribution is -1.97. The molecule has 0 fully saturated rings. The van der Waals surface area contributed by atoms with Gasteiger partial charge in [-0.15, -0.1) is 0 Å². The molecule has 0 aromatic rings. The molecule has 0 aliphatic heterocycles. The Bertz CT molecular complexity index is 135. The second-order valence-electron chi connectivity index (χ2n) is 2.80. The van der Waals surface area contributed by atoms with Crippen LogP contribution in [0, 0.1) is 0 Å². The second kappa shape index (κ2) is 10.4. The minimum absolute atomic E-state index is 0.827. The highest BCUT2D eigenvalue weighted by Crippen LogP contribution is 2.01. The van der Waals surface area contributed by atoms with E-state index in [2.05, 4.69) is 10.9 Å². The quantitative estimate of drug-likeness (QED) is 0.459. The number of hydrogen-bond donors (Lipinski definition) is 1. The molecular formula is C10H20N2. The Balaban J connectivity index is 3.05. The van der Waals surface area contributed by atoms with E-state index in [-0.39, 0.29) is 0 Å². The van der Waals surface area contributed by atoms with Gasteiger partial charge >= 0.3 is 0 Å². The van der Waals surface area contributed by atoms with Crippen LogP contribution in [-0.4, -0.2) is 19.0 Å². The maximum Gasteiger partial charge on any atom is 0.0455 e. The first-order chi connectivity index (χ1) is 5.91. The van der Waals surface area contributed by atoms with Crippen LogP contribution in [0.25, 0.3) is 0 Å². The number of aliphatic imine (C=N–C) groups is 1. The minimum Gasteiger partial charge on any atom is -0.330 e. The molecule has 0 bridgehead atoms. The highest BCUT2D eigenvalue weighted by atomic mass is 14.7. The number of hydrogen-bond acceptors (Lipinski definition) is 2. The van der Waals surface area contributed by atoms with E-state index < -0.39 is 0 Å². The normalized spacial score (nSPS) is 9.17. The molecule has 2 heteroatoms. The Morgan fingerprint density at radius 2 is 2.00 bits per heavy atom. The van der Waals surface area contributed by atoms with Gasteiger partial charge in [0.05, 0.1) is 0 Å². The van der Waals surface area contributed by atoms with Gasteiger partial charge in [-0.2, -0.15) is 0 Å². The Morgan fingerprint density at radius 3 is 2.67 bits per heavy atom. The lowest BCUT2D eigenvalue weighted by Gasteiger charge is -1.94. The third kappa shape index (κ3) is 9.41. The van der Waals surface area contributed by atoms with E-state index in [1.165, 1.54) is 19.3 Å². The molecule has 0 unspecified atom stereocenters. The Labute approximate surface area is 75.6 Å². The number of allylic oxidation sites excluding steroid dienone is 1. The van der Waals surface area contributed by atoms with Crippen molar-refractivity contribution in [1.82, 2.24) is 0 Å². The highest BCUT2D eigenvalue weighted by Gasteiger charge is 1.85. The van der Waals surface area contributed by atoms with Crippen LogP contribution in [0.4, 0.5) is 0 Å². The zero-order valence-electron chi connectivity index (χ0n) is 8.05. The molecule has 2 N–H and O–H groups in total. The summed E-state index contributed by atoms with van der Waals surface area (Å²) in [4.78, 5) is 3.98. The molecule has 0 aromatic carbocycles. The molecule has 12 heavy (non-hydrogen) atoms. The zero-order chi connectivity index (χ0) is 9.07. The van der Waals surface area contributed by atoms with Crippen molar-refractivity contribution in [3.05, 3.63) is 6.08 Å². The van der Waals surface area contributed by atoms with E-state index in [4.69, 9.17) is 5.73 Å². The smallest absolute Gasteiger partial charge is 0.0455 e. The first-order valence-corrected chi connectivity index (χ1v) is 4.85. The summed E-state index contributed by atoms with van der Waals surface area (Å²) >= 11 is 0. The van der Waals surface area contributed by atoms with E-state index in [0.717, 1.165) is 25.9 Å². The van der Waals surface area contributed by atoms with Crippen molar-refractivity contribution in [3.63, 3.8) is 0 Å². The fourth-order valence-corrected chi connectivity index (χ4v) is 0.965. The molecule has 0 heterocycles. The van der Waals surface area contributed by atoms with Crippen molar-refractivity contribution in [2.75, 3.05) is 13.1 Å². The Kier molecular flexibility index (Phi) is 9.90. The molecule has 2 nitrogen and oxygen atoms in total. The average Bonchev–Trinajstić information content (AvgIpc) is 2.10. The first kappa shape index (κ1) is 11.4. The van der Waals surface area contributed by atoms with E-state index in [9.17, 15) is 0 Å². The molecule has 0 atom stereocenters. The first-order valence-electron chi connectivity index (χ1n) is 4.85. The van der Waals surface area contributed by atoms with Crippen LogP contribution in [0.3, 0.4) is 0 Å². The zero-order valence-corrected chi connectivity index (χ0v) is 8.05. The lowest BCUT2D eigenvalue weighted by atomic mass is 10.1. The monoisotopic (exact) mass is 168 g/mol. The summed E-state index contributed by atoms with van der Waals surface area (Å²) in [6.07, 6.45) is 8.07. The largest absolute Gasteiger partial charge is 0.330 e. The second-order valence-corrected chi connectivity index (χ2v) is 2.80. The van der Waals surface area contributed by atoms with Crippen LogP contribution < -0.4 is 5.73 Å². The maximum atomic E-state index is 5.37. The molecule has 0 saturated heterocycles. The van der Waals surface area contributed by atoms with Gasteiger partial charge in [0.15, 0.2) is 0 Å². The predicted octanol–water partition coefficient (Wildman–Crippen LogP) is 2.14. The third-order valence-electron chi connectivity index (χ3n) is 1.64. The molecule has 0 aliphatic carbocycles. The van der Waals surface area contributed by atoms with Crippen LogP contribution in [0.2, 0.25) is 0 Å². The number of rotatable bonds is 7. The maximum absolute atomic E-state index is 5.37. The molecular weight excluding hydrogens is 148 g/mol. The van der Waals surface area contributed by atoms with Crippen LogP contribution in [-0.2, 0) is 0 Å². The van der Waals surface area contributed by atoms with Gasteiger partial charge in [0.2, 0.25) is 0 Å². The summed E-state index contributed by atoms with van der Waals surface area (Å²) in [7, 11) is 0. The highest BCUT2D eigenvalue weighted by molar-refractivity contribution is 5.51. The number of nitrogens with zero attached hydrogens (tertiary/aromatic N) is 1. The summed E-state index contributed by atoms with van der Waals surface area (Å²) in [6.45, 7) is 3.68. The van der Waals surface area contributed by atoms with Gasteiger partial charge in [-0.1, -0.05) is 12.8 Å². The number of unbranched alkanes of at least 4 members (excludes halogenated alkanes) is 4. The van der Waals surface area contributed by atoms with Crippen molar-refractivity contribution in [2.45, 2.75) is 39.0 Å². The average molecular weight is 168 g/mol. The summed E-state index contributed by atoms with van der Waals surface area (Å²) in [5.41, 5.74) is 5.37. The van der Waals surface area contributed by atoms with Crippen LogP contribution in [0.15, 0.2) is 11.1 Å². The summed E-state index contributed by atoms with van der Waals surface area (Å²) in [6, 6.07) is 0. The molecule has 70 valence electrons. The summed E-state index contributed by atoms with van der Waals surface area (Å²) in [5, 5.41) is 0. The van der Waals surface area contributed by atoms with E-state index in [0.29, 0.717) is 0 Å². The third-order valence-corrected chi connectivity index (χ3v) is 1.64. The van der Waals surface area contributed by atoms with Gasteiger partial charge in [0, 0.05) is 6.54 Å². The van der Waals surface area contributed by atoms with Gasteiger partial charge in [-0.05, 0) is 44.7 Å². The van der Waals surface area contributed by atoms with E-state index in [1.54, 1.807) is 0 Å². The fourth-order valence-electron chi connectivity index (χ4n) is 0.965. The van der Waals surface area contributed by atoms with Gasteiger partial charge in [-0.25, -0.2) is 4.99 Å². The van der Waals surface area contributed by atoms with Gasteiger partial charge in [-0.3, -0.25) is 0 Å². The fraction of sp³-hybridized carbons (Fsp3) is 0.800. The van der Waals surface area contributed by atoms with Crippen LogP contribution in [0.5, 0.6) is 0 Å². The molecule has 0 radical (unpaired) electrons. The van der Waals surface area contributed by atoms with Crippen molar-refractivity contribution < 1.29 is 0 Å². The summed E-state index contributed by atoms with van der Waals surface area (Å²) in [5.74, 6) is 2.90. The SMILES string of the molecule is CCN=C=CCCCCCCN. The van der Waals surface area contributed by atoms with Gasteiger partial charge < -0.3 is 5.73 Å². The van der Waals surface area contributed by atoms with E-state index in [1.807, 2.05) is 13.0 Å². The molecule has 0 rings (SSSR count). The minimum atomic E-state index is 0.827. The Morgan fingerprint density at radius 1 is 1.25 bits per heavy atom. The van der Waals surface area contributed by atoms with E-state index >= 15 is 0 Å². The molecule has 0 aliphatic rings. The molecule has 0 amide bonds. The summed E-state index contributed by atoms with van der Waals surface area (Å²) < 4.78 is 0. The van der Waals surface area contributed by atoms with Gasteiger partial charge in [0.25, 0.3) is 0 Å².